The lowest BCUT2D eigenvalue weighted by atomic mass is 10.1. The molecule has 2 aromatic rings. The second-order valence-corrected chi connectivity index (χ2v) is 5.29. The first-order valence-corrected chi connectivity index (χ1v) is 7.08. The predicted molar refractivity (Wildman–Crippen MR) is 83.6 cm³/mol. The second-order valence-electron chi connectivity index (χ2n) is 4.54. The summed E-state index contributed by atoms with van der Waals surface area (Å²) in [6.45, 7) is 0.763. The van der Waals surface area contributed by atoms with Gasteiger partial charge in [-0.05, 0) is 24.1 Å². The normalized spacial score (nSPS) is 10.6. The van der Waals surface area contributed by atoms with Gasteiger partial charge in [0.25, 0.3) is 0 Å². The average Bonchev–Trinajstić information content (AvgIpc) is 2.43. The van der Waals surface area contributed by atoms with E-state index in [1.165, 1.54) is 0 Å². The highest BCUT2D eigenvalue weighted by Crippen LogP contribution is 2.24. The summed E-state index contributed by atoms with van der Waals surface area (Å²) in [7, 11) is 1.99. The number of aliphatic hydroxyl groups excluding tert-OH is 1. The van der Waals surface area contributed by atoms with E-state index in [2.05, 4.69) is 9.88 Å². The number of halogens is 2. The molecule has 0 saturated heterocycles. The SMILES string of the molecule is CN(Cc1ccc(Cl)nc1Cl)c1ccccc1CCO. The van der Waals surface area contributed by atoms with Crippen molar-refractivity contribution >= 4 is 28.9 Å². The standard InChI is InChI=1S/C15H16Cl2N2O/c1-19(10-12-6-7-14(16)18-15(12)17)13-5-3-2-4-11(13)8-9-20/h2-7,20H,8-10H2,1H3. The van der Waals surface area contributed by atoms with Crippen LogP contribution in [0.4, 0.5) is 5.69 Å². The van der Waals surface area contributed by atoms with Crippen molar-refractivity contribution in [3.8, 4) is 0 Å². The number of rotatable bonds is 5. The first-order chi connectivity index (χ1) is 9.61. The molecule has 1 heterocycles. The number of hydrogen-bond acceptors (Lipinski definition) is 3. The zero-order valence-corrected chi connectivity index (χ0v) is 12.7. The van der Waals surface area contributed by atoms with E-state index in [1.54, 1.807) is 6.07 Å². The minimum Gasteiger partial charge on any atom is -0.396 e. The fourth-order valence-electron chi connectivity index (χ4n) is 2.11. The summed E-state index contributed by atoms with van der Waals surface area (Å²) in [4.78, 5) is 6.13. The van der Waals surface area contributed by atoms with Crippen LogP contribution >= 0.6 is 23.2 Å². The van der Waals surface area contributed by atoms with Crippen LogP contribution in [0.15, 0.2) is 36.4 Å². The highest BCUT2D eigenvalue weighted by molar-refractivity contribution is 6.32. The lowest BCUT2D eigenvalue weighted by molar-refractivity contribution is 0.299. The largest absolute Gasteiger partial charge is 0.396 e. The van der Waals surface area contributed by atoms with Gasteiger partial charge in [0, 0.05) is 31.5 Å². The lowest BCUT2D eigenvalue weighted by Crippen LogP contribution is -2.18. The van der Waals surface area contributed by atoms with Gasteiger partial charge in [-0.2, -0.15) is 0 Å². The topological polar surface area (TPSA) is 36.4 Å². The predicted octanol–water partition coefficient (Wildman–Crippen LogP) is 3.56. The van der Waals surface area contributed by atoms with E-state index >= 15 is 0 Å². The van der Waals surface area contributed by atoms with Crippen LogP contribution in [0.5, 0.6) is 0 Å². The zero-order chi connectivity index (χ0) is 14.5. The maximum atomic E-state index is 9.13. The smallest absolute Gasteiger partial charge is 0.135 e. The molecule has 20 heavy (non-hydrogen) atoms. The van der Waals surface area contributed by atoms with Crippen molar-refractivity contribution in [2.45, 2.75) is 13.0 Å². The minimum atomic E-state index is 0.133. The fourth-order valence-corrected chi connectivity index (χ4v) is 2.52. The average molecular weight is 311 g/mol. The molecule has 0 atom stereocenters. The number of aromatic nitrogens is 1. The van der Waals surface area contributed by atoms with Crippen LogP contribution in [0.1, 0.15) is 11.1 Å². The molecule has 0 aliphatic rings. The van der Waals surface area contributed by atoms with Crippen LogP contribution < -0.4 is 4.90 Å². The number of hydrogen-bond donors (Lipinski definition) is 1. The zero-order valence-electron chi connectivity index (χ0n) is 11.2. The number of pyridine rings is 1. The molecule has 1 N–H and O–H groups in total. The summed E-state index contributed by atoms with van der Waals surface area (Å²) in [6.07, 6.45) is 0.632. The third-order valence-electron chi connectivity index (χ3n) is 3.08. The van der Waals surface area contributed by atoms with Gasteiger partial charge >= 0.3 is 0 Å². The Hall–Kier alpha value is -1.29. The van der Waals surface area contributed by atoms with E-state index in [1.807, 2.05) is 37.4 Å². The van der Waals surface area contributed by atoms with Crippen LogP contribution in [0.2, 0.25) is 10.3 Å². The molecule has 0 aliphatic carbocycles. The maximum Gasteiger partial charge on any atom is 0.135 e. The molecule has 0 fully saturated rings. The molecule has 0 amide bonds. The summed E-state index contributed by atoms with van der Waals surface area (Å²) in [5, 5.41) is 9.94. The summed E-state index contributed by atoms with van der Waals surface area (Å²) in [5.74, 6) is 0. The van der Waals surface area contributed by atoms with Gasteiger partial charge in [0.05, 0.1) is 0 Å². The van der Waals surface area contributed by atoms with Crippen LogP contribution in [-0.4, -0.2) is 23.7 Å². The molecule has 0 bridgehead atoms. The molecule has 0 unspecified atom stereocenters. The number of aliphatic hydroxyl groups is 1. The summed E-state index contributed by atoms with van der Waals surface area (Å²) < 4.78 is 0. The van der Waals surface area contributed by atoms with Gasteiger partial charge in [0.2, 0.25) is 0 Å². The molecule has 1 aromatic carbocycles. The van der Waals surface area contributed by atoms with Crippen molar-refractivity contribution in [2.24, 2.45) is 0 Å². The Morgan fingerprint density at radius 1 is 1.10 bits per heavy atom. The molecule has 0 spiro atoms. The molecule has 3 nitrogen and oxygen atoms in total. The highest BCUT2D eigenvalue weighted by atomic mass is 35.5. The summed E-state index contributed by atoms with van der Waals surface area (Å²) >= 11 is 11.9. The van der Waals surface area contributed by atoms with Crippen molar-refractivity contribution in [2.75, 3.05) is 18.6 Å². The Labute approximate surface area is 128 Å². The Kier molecular flexibility index (Phi) is 5.24. The molecular formula is C15H16Cl2N2O. The number of nitrogens with zero attached hydrogens (tertiary/aromatic N) is 2. The van der Waals surface area contributed by atoms with E-state index in [0.29, 0.717) is 23.3 Å². The van der Waals surface area contributed by atoms with Crippen molar-refractivity contribution in [3.05, 3.63) is 57.8 Å². The van der Waals surface area contributed by atoms with E-state index in [-0.39, 0.29) is 6.61 Å². The van der Waals surface area contributed by atoms with E-state index < -0.39 is 0 Å². The second kappa shape index (κ2) is 6.93. The van der Waals surface area contributed by atoms with Crippen molar-refractivity contribution in [1.82, 2.24) is 4.98 Å². The number of para-hydroxylation sites is 1. The van der Waals surface area contributed by atoms with Crippen LogP contribution in [0, 0.1) is 0 Å². The monoisotopic (exact) mass is 310 g/mol. The minimum absolute atomic E-state index is 0.133. The van der Waals surface area contributed by atoms with Gasteiger partial charge in [-0.1, -0.05) is 47.5 Å². The van der Waals surface area contributed by atoms with Crippen molar-refractivity contribution < 1.29 is 5.11 Å². The first kappa shape index (κ1) is 15.1. The molecule has 106 valence electrons. The van der Waals surface area contributed by atoms with Gasteiger partial charge in [-0.15, -0.1) is 0 Å². The molecular weight excluding hydrogens is 295 g/mol. The number of anilines is 1. The Bertz CT molecular complexity index is 590. The third-order valence-corrected chi connectivity index (χ3v) is 3.62. The van der Waals surface area contributed by atoms with Gasteiger partial charge in [-0.25, -0.2) is 4.98 Å². The Morgan fingerprint density at radius 2 is 1.85 bits per heavy atom. The van der Waals surface area contributed by atoms with E-state index in [0.717, 1.165) is 16.8 Å². The Balaban J connectivity index is 2.21. The lowest BCUT2D eigenvalue weighted by Gasteiger charge is -2.22. The molecule has 5 heteroatoms. The van der Waals surface area contributed by atoms with E-state index in [9.17, 15) is 0 Å². The quantitative estimate of drug-likeness (QED) is 0.858. The van der Waals surface area contributed by atoms with Crippen LogP contribution in [0.3, 0.4) is 0 Å². The summed E-state index contributed by atoms with van der Waals surface area (Å²) in [6, 6.07) is 11.6. The van der Waals surface area contributed by atoms with E-state index in [4.69, 9.17) is 28.3 Å². The molecule has 1 aromatic heterocycles. The Morgan fingerprint density at radius 3 is 2.55 bits per heavy atom. The fraction of sp³-hybridized carbons (Fsp3) is 0.267. The third kappa shape index (κ3) is 3.63. The molecule has 0 aliphatic heterocycles. The molecule has 0 radical (unpaired) electrons. The van der Waals surface area contributed by atoms with Crippen molar-refractivity contribution in [1.29, 1.82) is 0 Å². The number of benzene rings is 1. The summed E-state index contributed by atoms with van der Waals surface area (Å²) in [5.41, 5.74) is 3.10. The van der Waals surface area contributed by atoms with Crippen molar-refractivity contribution in [3.63, 3.8) is 0 Å². The van der Waals surface area contributed by atoms with Gasteiger partial charge < -0.3 is 10.0 Å². The van der Waals surface area contributed by atoms with Gasteiger partial charge in [0.15, 0.2) is 0 Å². The van der Waals surface area contributed by atoms with Gasteiger partial charge in [-0.3, -0.25) is 0 Å². The highest BCUT2D eigenvalue weighted by Gasteiger charge is 2.10. The first-order valence-electron chi connectivity index (χ1n) is 6.32. The van der Waals surface area contributed by atoms with Crippen LogP contribution in [-0.2, 0) is 13.0 Å². The van der Waals surface area contributed by atoms with Crippen LogP contribution in [0.25, 0.3) is 0 Å². The maximum absolute atomic E-state index is 9.13. The van der Waals surface area contributed by atoms with Gasteiger partial charge in [0.1, 0.15) is 10.3 Å². The molecule has 0 saturated carbocycles. The molecule has 2 rings (SSSR count).